The molecule has 4 unspecified atom stereocenters. The summed E-state index contributed by atoms with van der Waals surface area (Å²) in [4.78, 5) is 27.7. The predicted octanol–water partition coefficient (Wildman–Crippen LogP) is 2.22. The highest BCUT2D eigenvalue weighted by atomic mass is 16.5. The van der Waals surface area contributed by atoms with E-state index in [1.807, 2.05) is 43.3 Å². The van der Waals surface area contributed by atoms with Crippen LogP contribution in [0.25, 0.3) is 0 Å². The molecule has 4 heterocycles. The second-order valence-electron chi connectivity index (χ2n) is 7.48. The maximum absolute atomic E-state index is 13.1. The molecule has 2 fully saturated rings. The molecule has 4 atom stereocenters. The first-order chi connectivity index (χ1) is 13.0. The second kappa shape index (κ2) is 5.53. The third-order valence-electron chi connectivity index (χ3n) is 5.61. The van der Waals surface area contributed by atoms with Crippen molar-refractivity contribution in [1.29, 1.82) is 0 Å². The van der Waals surface area contributed by atoms with Crippen molar-refractivity contribution >= 4 is 23.3 Å². The molecule has 3 aliphatic heterocycles. The van der Waals surface area contributed by atoms with Crippen molar-refractivity contribution in [3.05, 3.63) is 53.8 Å². The highest BCUT2D eigenvalue weighted by Gasteiger charge is 2.67. The fourth-order valence-corrected chi connectivity index (χ4v) is 4.33. The van der Waals surface area contributed by atoms with Crippen LogP contribution < -0.4 is 10.2 Å². The second-order valence-corrected chi connectivity index (χ2v) is 7.48. The van der Waals surface area contributed by atoms with Crippen LogP contribution in [0.5, 0.6) is 0 Å². The molecule has 0 radical (unpaired) electrons. The largest absolute Gasteiger partial charge is 0.360 e. The molecule has 7 nitrogen and oxygen atoms in total. The Bertz CT molecular complexity index is 964. The van der Waals surface area contributed by atoms with Crippen LogP contribution in [-0.2, 0) is 14.3 Å². The van der Waals surface area contributed by atoms with Crippen molar-refractivity contribution in [2.75, 3.05) is 16.8 Å². The lowest BCUT2D eigenvalue weighted by Crippen LogP contribution is -2.41. The van der Waals surface area contributed by atoms with Crippen molar-refractivity contribution in [2.45, 2.75) is 25.6 Å². The molecule has 2 bridgehead atoms. The van der Waals surface area contributed by atoms with Gasteiger partial charge in [0.2, 0.25) is 11.8 Å². The van der Waals surface area contributed by atoms with Gasteiger partial charge in [-0.05, 0) is 26.0 Å². The van der Waals surface area contributed by atoms with Crippen molar-refractivity contribution in [1.82, 2.24) is 5.16 Å². The minimum atomic E-state index is -0.774. The lowest BCUT2D eigenvalue weighted by molar-refractivity contribution is -0.128. The molecule has 2 saturated heterocycles. The number of aryl methyl sites for hydroxylation is 2. The lowest BCUT2D eigenvalue weighted by atomic mass is 9.77. The van der Waals surface area contributed by atoms with Crippen molar-refractivity contribution in [3.8, 4) is 0 Å². The van der Waals surface area contributed by atoms with Crippen molar-refractivity contribution in [3.63, 3.8) is 0 Å². The SMILES string of the molecule is Cc1ccc(NC(=O)C2C3C=CC4(CN(c5cc(C)on5)C(=O)C24)O3)cc1. The highest BCUT2D eigenvalue weighted by molar-refractivity contribution is 6.05. The minimum Gasteiger partial charge on any atom is -0.360 e. The molecule has 1 spiro atoms. The summed E-state index contributed by atoms with van der Waals surface area (Å²) in [5.41, 5.74) is 1.05. The quantitative estimate of drug-likeness (QED) is 0.843. The zero-order valence-corrected chi connectivity index (χ0v) is 15.0. The van der Waals surface area contributed by atoms with Gasteiger partial charge in [0, 0.05) is 11.8 Å². The van der Waals surface area contributed by atoms with Gasteiger partial charge in [0.1, 0.15) is 11.4 Å². The predicted molar refractivity (Wildman–Crippen MR) is 97.1 cm³/mol. The summed E-state index contributed by atoms with van der Waals surface area (Å²) in [7, 11) is 0. The van der Waals surface area contributed by atoms with E-state index >= 15 is 0 Å². The Morgan fingerprint density at radius 3 is 2.78 bits per heavy atom. The van der Waals surface area contributed by atoms with Crippen LogP contribution in [0.1, 0.15) is 11.3 Å². The number of hydrogen-bond acceptors (Lipinski definition) is 5. The lowest BCUT2D eigenvalue weighted by Gasteiger charge is -2.23. The molecular weight excluding hydrogens is 346 g/mol. The summed E-state index contributed by atoms with van der Waals surface area (Å²) in [5, 5.41) is 6.88. The number of nitrogens with zero attached hydrogens (tertiary/aromatic N) is 2. The van der Waals surface area contributed by atoms with Crippen LogP contribution in [-0.4, -0.2) is 35.2 Å². The average molecular weight is 365 g/mol. The summed E-state index contributed by atoms with van der Waals surface area (Å²) in [6, 6.07) is 9.29. The van der Waals surface area contributed by atoms with Gasteiger partial charge in [-0.1, -0.05) is 35.0 Å². The first-order valence-corrected chi connectivity index (χ1v) is 8.96. The van der Waals surface area contributed by atoms with E-state index in [0.29, 0.717) is 23.8 Å². The van der Waals surface area contributed by atoms with Crippen molar-refractivity contribution in [2.24, 2.45) is 11.8 Å². The Kier molecular flexibility index (Phi) is 3.33. The van der Waals surface area contributed by atoms with Gasteiger partial charge < -0.3 is 14.6 Å². The van der Waals surface area contributed by atoms with Gasteiger partial charge in [0.05, 0.1) is 24.5 Å². The standard InChI is InChI=1S/C20H19N3O4/c1-11-3-5-13(6-4-11)21-18(24)16-14-7-8-20(26-14)10-23(19(25)17(16)20)15-9-12(2)27-22-15/h3-9,14,16-17H,10H2,1-2H3,(H,21,24). The topological polar surface area (TPSA) is 84.7 Å². The maximum atomic E-state index is 13.1. The number of aromatic nitrogens is 1. The van der Waals surface area contributed by atoms with E-state index in [2.05, 4.69) is 10.5 Å². The van der Waals surface area contributed by atoms with E-state index in [0.717, 1.165) is 5.56 Å². The number of benzene rings is 1. The molecule has 5 rings (SSSR count). The fourth-order valence-electron chi connectivity index (χ4n) is 4.33. The molecule has 3 aliphatic rings. The molecule has 2 amide bonds. The Morgan fingerprint density at radius 1 is 1.30 bits per heavy atom. The molecule has 0 saturated carbocycles. The van der Waals surface area contributed by atoms with Crippen LogP contribution in [0.3, 0.4) is 0 Å². The van der Waals surface area contributed by atoms with Crippen LogP contribution in [0.2, 0.25) is 0 Å². The number of anilines is 2. The number of carbonyl (C=O) groups excluding carboxylic acids is 2. The summed E-state index contributed by atoms with van der Waals surface area (Å²) in [6.07, 6.45) is 3.43. The Hall–Kier alpha value is -2.93. The number of amides is 2. The first-order valence-electron chi connectivity index (χ1n) is 8.96. The number of hydrogen-bond donors (Lipinski definition) is 1. The van der Waals surface area contributed by atoms with Crippen molar-refractivity contribution < 1.29 is 18.8 Å². The van der Waals surface area contributed by atoms with Crippen LogP contribution in [0.15, 0.2) is 47.0 Å². The molecule has 1 aromatic heterocycles. The fraction of sp³-hybridized carbons (Fsp3) is 0.350. The zero-order chi connectivity index (χ0) is 18.8. The molecule has 0 aliphatic carbocycles. The molecular formula is C20H19N3O4. The Morgan fingerprint density at radius 2 is 2.07 bits per heavy atom. The van der Waals surface area contributed by atoms with E-state index in [1.165, 1.54) is 0 Å². The van der Waals surface area contributed by atoms with Crippen LogP contribution in [0, 0.1) is 25.7 Å². The monoisotopic (exact) mass is 365 g/mol. The normalized spacial score (nSPS) is 30.8. The number of carbonyl (C=O) groups is 2. The third kappa shape index (κ3) is 2.35. The maximum Gasteiger partial charge on any atom is 0.235 e. The van der Waals surface area contributed by atoms with Gasteiger partial charge >= 0.3 is 0 Å². The molecule has 1 aromatic carbocycles. The molecule has 138 valence electrons. The van der Waals surface area contributed by atoms with Gasteiger partial charge in [0.25, 0.3) is 0 Å². The molecule has 27 heavy (non-hydrogen) atoms. The first kappa shape index (κ1) is 16.3. The van der Waals surface area contributed by atoms with E-state index in [-0.39, 0.29) is 17.9 Å². The average Bonchev–Trinajstić information content (AvgIpc) is 3.38. The van der Waals surface area contributed by atoms with E-state index in [1.54, 1.807) is 17.9 Å². The highest BCUT2D eigenvalue weighted by Crippen LogP contribution is 2.52. The zero-order valence-electron chi connectivity index (χ0n) is 15.0. The molecule has 2 aromatic rings. The van der Waals surface area contributed by atoms with E-state index in [4.69, 9.17) is 9.26 Å². The summed E-state index contributed by atoms with van der Waals surface area (Å²) < 4.78 is 11.2. The molecule has 7 heteroatoms. The van der Waals surface area contributed by atoms with Crippen LogP contribution in [0.4, 0.5) is 11.5 Å². The number of rotatable bonds is 3. The Labute approximate surface area is 156 Å². The number of fused-ring (bicyclic) bond motifs is 1. The number of ether oxygens (including phenoxy) is 1. The summed E-state index contributed by atoms with van der Waals surface area (Å²) >= 11 is 0. The summed E-state index contributed by atoms with van der Waals surface area (Å²) in [5.74, 6) is -0.399. The van der Waals surface area contributed by atoms with Gasteiger partial charge in [-0.25, -0.2) is 0 Å². The third-order valence-corrected chi connectivity index (χ3v) is 5.61. The van der Waals surface area contributed by atoms with Gasteiger partial charge in [-0.3, -0.25) is 14.5 Å². The van der Waals surface area contributed by atoms with Gasteiger partial charge in [-0.2, -0.15) is 0 Å². The molecule has 1 N–H and O–H groups in total. The van der Waals surface area contributed by atoms with Gasteiger partial charge in [-0.15, -0.1) is 0 Å². The minimum absolute atomic E-state index is 0.154. The van der Waals surface area contributed by atoms with E-state index < -0.39 is 17.4 Å². The van der Waals surface area contributed by atoms with E-state index in [9.17, 15) is 9.59 Å². The van der Waals surface area contributed by atoms with Gasteiger partial charge in [0.15, 0.2) is 5.82 Å². The Balaban J connectivity index is 1.43. The summed E-state index contributed by atoms with van der Waals surface area (Å²) in [6.45, 7) is 4.10. The number of nitrogens with one attached hydrogen (secondary N) is 1. The smallest absolute Gasteiger partial charge is 0.235 e. The van der Waals surface area contributed by atoms with Crippen LogP contribution >= 0.6 is 0 Å².